The summed E-state index contributed by atoms with van der Waals surface area (Å²) in [5, 5.41) is 13.4. The molecule has 0 bridgehead atoms. The van der Waals surface area contributed by atoms with Crippen LogP contribution in [-0.2, 0) is 4.79 Å². The number of amides is 1. The number of halogens is 1. The molecule has 1 aliphatic rings. The average Bonchev–Trinajstić information content (AvgIpc) is 3.04. The van der Waals surface area contributed by atoms with E-state index >= 15 is 0 Å². The summed E-state index contributed by atoms with van der Waals surface area (Å²) in [7, 11) is 0. The Kier molecular flexibility index (Phi) is 4.10. The van der Waals surface area contributed by atoms with E-state index in [2.05, 4.69) is 5.10 Å². The van der Waals surface area contributed by atoms with Crippen molar-refractivity contribution in [3.8, 4) is 5.69 Å². The first-order valence-electron chi connectivity index (χ1n) is 7.42. The Bertz CT molecular complexity index is 744. The number of hydrogen-bond donors (Lipinski definition) is 1. The van der Waals surface area contributed by atoms with E-state index in [1.165, 1.54) is 27.9 Å². The fraction of sp³-hybridized carbons (Fsp3) is 0.312. The summed E-state index contributed by atoms with van der Waals surface area (Å²) >= 11 is 0. The molecule has 0 aliphatic carbocycles. The Balaban J connectivity index is 1.86. The van der Waals surface area contributed by atoms with E-state index < -0.39 is 23.7 Å². The van der Waals surface area contributed by atoms with Crippen molar-refractivity contribution in [2.75, 3.05) is 6.54 Å². The molecule has 1 amide bonds. The second-order valence-electron chi connectivity index (χ2n) is 5.45. The summed E-state index contributed by atoms with van der Waals surface area (Å²) in [5.74, 6) is -1.89. The Labute approximate surface area is 132 Å². The van der Waals surface area contributed by atoms with E-state index in [1.54, 1.807) is 18.2 Å². The quantitative estimate of drug-likeness (QED) is 0.940. The molecule has 1 fully saturated rings. The molecule has 1 aromatic carbocycles. The van der Waals surface area contributed by atoms with Crippen LogP contribution in [0.4, 0.5) is 4.39 Å². The number of carboxylic acid groups (broad SMARTS) is 1. The van der Waals surface area contributed by atoms with Gasteiger partial charge in [-0.3, -0.25) is 4.79 Å². The van der Waals surface area contributed by atoms with E-state index in [0.29, 0.717) is 13.0 Å². The van der Waals surface area contributed by atoms with Crippen LogP contribution >= 0.6 is 0 Å². The molecular weight excluding hydrogens is 301 g/mol. The molecule has 0 spiro atoms. The predicted octanol–water partition coefficient (Wildman–Crippen LogP) is 2.09. The molecule has 1 aliphatic heterocycles. The first-order valence-corrected chi connectivity index (χ1v) is 7.42. The molecule has 120 valence electrons. The van der Waals surface area contributed by atoms with Crippen LogP contribution in [-0.4, -0.2) is 44.3 Å². The SMILES string of the molecule is O=C(O)C1CCCCN1C(=O)c1ccn(-c2ccccc2F)n1. The highest BCUT2D eigenvalue weighted by molar-refractivity contribution is 5.95. The maximum absolute atomic E-state index is 13.8. The number of carboxylic acids is 1. The molecule has 23 heavy (non-hydrogen) atoms. The van der Waals surface area contributed by atoms with Crippen LogP contribution in [0, 0.1) is 5.82 Å². The molecule has 1 aromatic heterocycles. The number of carbonyl (C=O) groups is 2. The molecular formula is C16H16FN3O3. The highest BCUT2D eigenvalue weighted by Crippen LogP contribution is 2.20. The van der Waals surface area contributed by atoms with Gasteiger partial charge in [0.2, 0.25) is 0 Å². The normalized spacial score (nSPS) is 18.0. The number of aliphatic carboxylic acids is 1. The Morgan fingerprint density at radius 1 is 1.22 bits per heavy atom. The molecule has 2 heterocycles. The molecule has 2 aromatic rings. The summed E-state index contributed by atoms with van der Waals surface area (Å²) < 4.78 is 15.1. The molecule has 3 rings (SSSR count). The molecule has 1 saturated heterocycles. The third-order valence-corrected chi connectivity index (χ3v) is 3.96. The van der Waals surface area contributed by atoms with Crippen molar-refractivity contribution < 1.29 is 19.1 Å². The number of piperidine rings is 1. The van der Waals surface area contributed by atoms with E-state index in [1.807, 2.05) is 0 Å². The number of likely N-dealkylation sites (tertiary alicyclic amines) is 1. The average molecular weight is 317 g/mol. The second kappa shape index (κ2) is 6.20. The van der Waals surface area contributed by atoms with E-state index in [4.69, 9.17) is 0 Å². The van der Waals surface area contributed by atoms with Gasteiger partial charge in [-0.15, -0.1) is 0 Å². The van der Waals surface area contributed by atoms with Crippen LogP contribution in [0.1, 0.15) is 29.8 Å². The van der Waals surface area contributed by atoms with Gasteiger partial charge in [-0.2, -0.15) is 5.10 Å². The standard InChI is InChI=1S/C16H16FN3O3/c17-11-5-1-2-6-13(11)20-10-8-12(18-20)15(21)19-9-4-3-7-14(19)16(22)23/h1-2,5-6,8,10,14H,3-4,7,9H2,(H,22,23). The summed E-state index contributed by atoms with van der Waals surface area (Å²) in [6.45, 7) is 0.391. The molecule has 1 unspecified atom stereocenters. The molecule has 0 saturated carbocycles. The van der Waals surface area contributed by atoms with Crippen LogP contribution in [0.3, 0.4) is 0 Å². The number of carbonyl (C=O) groups excluding carboxylic acids is 1. The van der Waals surface area contributed by atoms with Gasteiger partial charge < -0.3 is 10.0 Å². The highest BCUT2D eigenvalue weighted by Gasteiger charge is 2.33. The van der Waals surface area contributed by atoms with Crippen molar-refractivity contribution in [1.29, 1.82) is 0 Å². The number of nitrogens with zero attached hydrogens (tertiary/aromatic N) is 3. The molecule has 0 radical (unpaired) electrons. The monoisotopic (exact) mass is 317 g/mol. The number of hydrogen-bond acceptors (Lipinski definition) is 3. The lowest BCUT2D eigenvalue weighted by molar-refractivity contribution is -0.143. The lowest BCUT2D eigenvalue weighted by Crippen LogP contribution is -2.48. The number of aromatic nitrogens is 2. The van der Waals surface area contributed by atoms with Crippen molar-refractivity contribution >= 4 is 11.9 Å². The maximum Gasteiger partial charge on any atom is 0.326 e. The first-order chi connectivity index (χ1) is 11.1. The smallest absolute Gasteiger partial charge is 0.326 e. The first kappa shape index (κ1) is 15.2. The maximum atomic E-state index is 13.8. The van der Waals surface area contributed by atoms with Gasteiger partial charge in [-0.1, -0.05) is 12.1 Å². The molecule has 7 heteroatoms. The minimum Gasteiger partial charge on any atom is -0.480 e. The van der Waals surface area contributed by atoms with E-state index in [9.17, 15) is 19.1 Å². The van der Waals surface area contributed by atoms with Gasteiger partial charge in [0.25, 0.3) is 5.91 Å². The summed E-state index contributed by atoms with van der Waals surface area (Å²) in [6, 6.07) is 6.75. The van der Waals surface area contributed by atoms with Crippen molar-refractivity contribution in [2.45, 2.75) is 25.3 Å². The summed E-state index contributed by atoms with van der Waals surface area (Å²) in [4.78, 5) is 25.2. The topological polar surface area (TPSA) is 75.4 Å². The van der Waals surface area contributed by atoms with Gasteiger partial charge in [0.15, 0.2) is 5.69 Å². The van der Waals surface area contributed by atoms with Gasteiger partial charge in [-0.25, -0.2) is 13.9 Å². The number of benzene rings is 1. The van der Waals surface area contributed by atoms with Gasteiger partial charge in [0, 0.05) is 12.7 Å². The van der Waals surface area contributed by atoms with Gasteiger partial charge >= 0.3 is 5.97 Å². The van der Waals surface area contributed by atoms with Crippen LogP contribution in [0.25, 0.3) is 5.69 Å². The van der Waals surface area contributed by atoms with Gasteiger partial charge in [0.1, 0.15) is 17.5 Å². The minimum atomic E-state index is -1.01. The molecule has 1 atom stereocenters. The van der Waals surface area contributed by atoms with Crippen molar-refractivity contribution in [3.05, 3.63) is 48.0 Å². The zero-order valence-corrected chi connectivity index (χ0v) is 12.4. The van der Waals surface area contributed by atoms with Crippen LogP contribution in [0.2, 0.25) is 0 Å². The summed E-state index contributed by atoms with van der Waals surface area (Å²) in [6.07, 6.45) is 3.48. The van der Waals surface area contributed by atoms with Crippen LogP contribution in [0.5, 0.6) is 0 Å². The van der Waals surface area contributed by atoms with Crippen molar-refractivity contribution in [1.82, 2.24) is 14.7 Å². The Morgan fingerprint density at radius 2 is 2.00 bits per heavy atom. The number of para-hydroxylation sites is 1. The second-order valence-corrected chi connectivity index (χ2v) is 5.45. The van der Waals surface area contributed by atoms with Crippen LogP contribution < -0.4 is 0 Å². The lowest BCUT2D eigenvalue weighted by Gasteiger charge is -2.32. The fourth-order valence-electron chi connectivity index (χ4n) is 2.79. The third kappa shape index (κ3) is 2.94. The molecule has 1 N–H and O–H groups in total. The van der Waals surface area contributed by atoms with Crippen LogP contribution in [0.15, 0.2) is 36.5 Å². The van der Waals surface area contributed by atoms with E-state index in [0.717, 1.165) is 12.8 Å². The van der Waals surface area contributed by atoms with Crippen molar-refractivity contribution in [2.24, 2.45) is 0 Å². The zero-order chi connectivity index (χ0) is 16.4. The zero-order valence-electron chi connectivity index (χ0n) is 12.4. The Morgan fingerprint density at radius 3 is 2.74 bits per heavy atom. The van der Waals surface area contributed by atoms with E-state index in [-0.39, 0.29) is 11.4 Å². The van der Waals surface area contributed by atoms with Gasteiger partial charge in [0.05, 0.1) is 0 Å². The summed E-state index contributed by atoms with van der Waals surface area (Å²) in [5.41, 5.74) is 0.349. The number of rotatable bonds is 3. The lowest BCUT2D eigenvalue weighted by atomic mass is 10.0. The minimum absolute atomic E-state index is 0.112. The van der Waals surface area contributed by atoms with Gasteiger partial charge in [-0.05, 0) is 37.5 Å². The highest BCUT2D eigenvalue weighted by atomic mass is 19.1. The van der Waals surface area contributed by atoms with Crippen molar-refractivity contribution in [3.63, 3.8) is 0 Å². The predicted molar refractivity (Wildman–Crippen MR) is 79.8 cm³/mol. The Hall–Kier alpha value is -2.70. The fourth-order valence-corrected chi connectivity index (χ4v) is 2.79. The molecule has 6 nitrogen and oxygen atoms in total. The largest absolute Gasteiger partial charge is 0.480 e. The third-order valence-electron chi connectivity index (χ3n) is 3.96.